The molecule has 2 heterocycles. The Labute approximate surface area is 97.6 Å². The smallest absolute Gasteiger partial charge is 0.303 e. The fourth-order valence-corrected chi connectivity index (χ4v) is 2.97. The molecule has 1 saturated heterocycles. The number of thioether (sulfide) groups is 1. The minimum absolute atomic E-state index is 0.0538. The van der Waals surface area contributed by atoms with E-state index in [2.05, 4.69) is 10.1 Å². The van der Waals surface area contributed by atoms with Crippen molar-refractivity contribution in [2.75, 3.05) is 11.5 Å². The lowest BCUT2D eigenvalue weighted by Crippen LogP contribution is -2.03. The van der Waals surface area contributed by atoms with E-state index in [1.807, 2.05) is 11.8 Å². The first-order chi connectivity index (χ1) is 7.74. The van der Waals surface area contributed by atoms with Crippen LogP contribution in [-0.4, -0.2) is 32.7 Å². The number of aliphatic carboxylic acids is 1. The van der Waals surface area contributed by atoms with Gasteiger partial charge in [0.25, 0.3) is 0 Å². The Bertz CT molecular complexity index is 361. The van der Waals surface area contributed by atoms with Crippen LogP contribution in [0.4, 0.5) is 0 Å². The lowest BCUT2D eigenvalue weighted by Gasteiger charge is -2.01. The van der Waals surface area contributed by atoms with Gasteiger partial charge in [-0.15, -0.1) is 0 Å². The zero-order chi connectivity index (χ0) is 11.4. The normalized spacial score (nSPS) is 20.1. The molecule has 0 spiro atoms. The molecule has 1 aromatic heterocycles. The number of carbonyl (C=O) groups is 1. The van der Waals surface area contributed by atoms with Gasteiger partial charge in [-0.2, -0.15) is 16.7 Å². The summed E-state index contributed by atoms with van der Waals surface area (Å²) in [5.74, 6) is 3.32. The predicted molar refractivity (Wildman–Crippen MR) is 59.4 cm³/mol. The topological polar surface area (TPSA) is 76.2 Å². The van der Waals surface area contributed by atoms with Gasteiger partial charge in [0.2, 0.25) is 5.89 Å². The summed E-state index contributed by atoms with van der Waals surface area (Å²) in [5, 5.41) is 12.3. The van der Waals surface area contributed by atoms with Gasteiger partial charge >= 0.3 is 5.97 Å². The van der Waals surface area contributed by atoms with Crippen molar-refractivity contribution in [3.8, 4) is 0 Å². The van der Waals surface area contributed by atoms with E-state index in [9.17, 15) is 4.79 Å². The molecule has 1 atom stereocenters. The van der Waals surface area contributed by atoms with Crippen molar-refractivity contribution in [1.29, 1.82) is 0 Å². The van der Waals surface area contributed by atoms with E-state index >= 15 is 0 Å². The number of aromatic nitrogens is 2. The molecule has 0 saturated carbocycles. The highest BCUT2D eigenvalue weighted by atomic mass is 32.2. The highest BCUT2D eigenvalue weighted by Crippen LogP contribution is 2.26. The minimum atomic E-state index is -0.835. The Balaban J connectivity index is 1.84. The predicted octanol–water partition coefficient (Wildman–Crippen LogP) is 1.38. The summed E-state index contributed by atoms with van der Waals surface area (Å²) in [6.07, 6.45) is 2.43. The van der Waals surface area contributed by atoms with Crippen molar-refractivity contribution in [3.05, 3.63) is 11.7 Å². The van der Waals surface area contributed by atoms with Crippen LogP contribution >= 0.6 is 11.8 Å². The first kappa shape index (κ1) is 11.4. The van der Waals surface area contributed by atoms with E-state index in [1.165, 1.54) is 12.2 Å². The zero-order valence-corrected chi connectivity index (χ0v) is 9.70. The third kappa shape index (κ3) is 3.23. The maximum absolute atomic E-state index is 10.4. The molecule has 0 amide bonds. The Morgan fingerprint density at radius 2 is 2.50 bits per heavy atom. The highest BCUT2D eigenvalue weighted by Gasteiger charge is 2.19. The number of nitrogens with zero attached hydrogens (tertiary/aromatic N) is 2. The van der Waals surface area contributed by atoms with Crippen LogP contribution in [0.15, 0.2) is 4.52 Å². The van der Waals surface area contributed by atoms with E-state index in [0.717, 1.165) is 12.2 Å². The number of rotatable bonds is 5. The Morgan fingerprint density at radius 1 is 1.62 bits per heavy atom. The molecular weight excluding hydrogens is 228 g/mol. The van der Waals surface area contributed by atoms with Crippen LogP contribution in [0.5, 0.6) is 0 Å². The molecule has 1 aliphatic heterocycles. The first-order valence-electron chi connectivity index (χ1n) is 5.35. The Morgan fingerprint density at radius 3 is 3.19 bits per heavy atom. The van der Waals surface area contributed by atoms with Gasteiger partial charge in [-0.3, -0.25) is 4.79 Å². The van der Waals surface area contributed by atoms with Crippen LogP contribution in [0.25, 0.3) is 0 Å². The van der Waals surface area contributed by atoms with Crippen molar-refractivity contribution >= 4 is 17.7 Å². The zero-order valence-electron chi connectivity index (χ0n) is 8.89. The summed E-state index contributed by atoms with van der Waals surface area (Å²) in [6, 6.07) is 0. The molecule has 16 heavy (non-hydrogen) atoms. The molecule has 1 unspecified atom stereocenters. The molecule has 0 bridgehead atoms. The van der Waals surface area contributed by atoms with Gasteiger partial charge in [-0.1, -0.05) is 5.16 Å². The van der Waals surface area contributed by atoms with Gasteiger partial charge in [0.15, 0.2) is 5.82 Å². The van der Waals surface area contributed by atoms with Crippen LogP contribution in [0.1, 0.15) is 24.6 Å². The second-order valence-corrected chi connectivity index (χ2v) is 5.08. The molecule has 1 aliphatic rings. The van der Waals surface area contributed by atoms with Gasteiger partial charge in [0, 0.05) is 12.8 Å². The van der Waals surface area contributed by atoms with Crippen molar-refractivity contribution in [3.63, 3.8) is 0 Å². The summed E-state index contributed by atoms with van der Waals surface area (Å²) in [7, 11) is 0. The Hall–Kier alpha value is -1.04. The number of hydrogen-bond donors (Lipinski definition) is 1. The molecule has 1 aromatic rings. The monoisotopic (exact) mass is 242 g/mol. The molecule has 5 nitrogen and oxygen atoms in total. The van der Waals surface area contributed by atoms with Crippen molar-refractivity contribution < 1.29 is 14.4 Å². The maximum atomic E-state index is 10.4. The van der Waals surface area contributed by atoms with E-state index < -0.39 is 5.97 Å². The van der Waals surface area contributed by atoms with E-state index in [1.54, 1.807) is 0 Å². The second kappa shape index (κ2) is 5.34. The molecule has 0 aromatic carbocycles. The van der Waals surface area contributed by atoms with Gasteiger partial charge in [-0.25, -0.2) is 0 Å². The minimum Gasteiger partial charge on any atom is -0.481 e. The van der Waals surface area contributed by atoms with Crippen LogP contribution in [0.3, 0.4) is 0 Å². The largest absolute Gasteiger partial charge is 0.481 e. The fraction of sp³-hybridized carbons (Fsp3) is 0.700. The summed E-state index contributed by atoms with van der Waals surface area (Å²) in [5.41, 5.74) is 0. The van der Waals surface area contributed by atoms with Gasteiger partial charge in [-0.05, 0) is 23.8 Å². The molecule has 1 fully saturated rings. The van der Waals surface area contributed by atoms with E-state index in [4.69, 9.17) is 9.63 Å². The third-order valence-corrected chi connectivity index (χ3v) is 3.79. The van der Waals surface area contributed by atoms with Crippen molar-refractivity contribution in [2.45, 2.75) is 25.7 Å². The number of carboxylic acids is 1. The van der Waals surface area contributed by atoms with Gasteiger partial charge in [0.05, 0.1) is 6.42 Å². The highest BCUT2D eigenvalue weighted by molar-refractivity contribution is 7.99. The summed E-state index contributed by atoms with van der Waals surface area (Å²) < 4.78 is 5.10. The quantitative estimate of drug-likeness (QED) is 0.840. The molecule has 2 rings (SSSR count). The van der Waals surface area contributed by atoms with E-state index in [-0.39, 0.29) is 6.42 Å². The van der Waals surface area contributed by atoms with Gasteiger partial charge in [0.1, 0.15) is 0 Å². The first-order valence-corrected chi connectivity index (χ1v) is 6.50. The lowest BCUT2D eigenvalue weighted by molar-refractivity contribution is -0.137. The van der Waals surface area contributed by atoms with E-state index in [0.29, 0.717) is 24.1 Å². The summed E-state index contributed by atoms with van der Waals surface area (Å²) in [4.78, 5) is 14.6. The van der Waals surface area contributed by atoms with Gasteiger partial charge < -0.3 is 9.63 Å². The van der Waals surface area contributed by atoms with Crippen LogP contribution in [0, 0.1) is 5.92 Å². The van der Waals surface area contributed by atoms with Crippen molar-refractivity contribution in [2.24, 2.45) is 5.92 Å². The van der Waals surface area contributed by atoms with Crippen LogP contribution in [-0.2, 0) is 17.6 Å². The number of aryl methyl sites for hydroxylation is 1. The average Bonchev–Trinajstić information content (AvgIpc) is 2.87. The molecule has 0 aliphatic carbocycles. The second-order valence-electron chi connectivity index (χ2n) is 3.93. The third-order valence-electron chi connectivity index (χ3n) is 2.56. The number of carboxylic acid groups (broad SMARTS) is 1. The fourth-order valence-electron chi connectivity index (χ4n) is 1.68. The van der Waals surface area contributed by atoms with Crippen molar-refractivity contribution in [1.82, 2.24) is 10.1 Å². The maximum Gasteiger partial charge on any atom is 0.303 e. The summed E-state index contributed by atoms with van der Waals surface area (Å²) in [6.45, 7) is 0. The average molecular weight is 242 g/mol. The molecule has 88 valence electrons. The SMILES string of the molecule is O=C(O)CCc1noc(CC2CCSC2)n1. The number of hydrogen-bond acceptors (Lipinski definition) is 5. The molecule has 1 N–H and O–H groups in total. The van der Waals surface area contributed by atoms with Crippen LogP contribution < -0.4 is 0 Å². The summed E-state index contributed by atoms with van der Waals surface area (Å²) >= 11 is 1.95. The molecule has 0 radical (unpaired) electrons. The van der Waals surface area contributed by atoms with Crippen LogP contribution in [0.2, 0.25) is 0 Å². The lowest BCUT2D eigenvalue weighted by atomic mass is 10.1. The standard InChI is InChI=1S/C10H14N2O3S/c13-10(14)2-1-8-11-9(15-12-8)5-7-3-4-16-6-7/h7H,1-6H2,(H,13,14). The Kier molecular flexibility index (Phi) is 3.82. The molecule has 6 heteroatoms. The molecular formula is C10H14N2O3S.